The van der Waals surface area contributed by atoms with Crippen molar-refractivity contribution >= 4 is 0 Å². The number of hydrogen-bond donors (Lipinski definition) is 9. The van der Waals surface area contributed by atoms with Gasteiger partial charge >= 0.3 is 0 Å². The lowest BCUT2D eigenvalue weighted by atomic mass is 9.43. The van der Waals surface area contributed by atoms with Crippen LogP contribution in [0.25, 0.3) is 0 Å². The van der Waals surface area contributed by atoms with Crippen molar-refractivity contribution in [2.24, 2.45) is 52.3 Å². The maximum absolute atomic E-state index is 11.4. The molecule has 4 aliphatic carbocycles. The van der Waals surface area contributed by atoms with Crippen LogP contribution in [0.15, 0.2) is 0 Å². The first-order valence-electron chi connectivity index (χ1n) is 20.5. The topological polar surface area (TPSA) is 237 Å². The van der Waals surface area contributed by atoms with Crippen LogP contribution in [-0.2, 0) is 28.4 Å². The highest BCUT2D eigenvalue weighted by Crippen LogP contribution is 2.71. The van der Waals surface area contributed by atoms with E-state index in [4.69, 9.17) is 28.4 Å². The molecule has 54 heavy (non-hydrogen) atoms. The lowest BCUT2D eigenvalue weighted by Gasteiger charge is -2.62. The molecule has 8 rings (SSSR count). The van der Waals surface area contributed by atoms with Crippen molar-refractivity contribution in [1.82, 2.24) is 0 Å². The van der Waals surface area contributed by atoms with Gasteiger partial charge < -0.3 is 74.4 Å². The Hall–Kier alpha value is -0.600. The smallest absolute Gasteiger partial charge is 0.186 e. The SMILES string of the molecule is C[C@H]1CO[C@]2(C[C@H]1O[C@@H]1O[C@H](CO[C@@H]3O[C@H](CO)[C@@H](O)[C@H](O)[C@H]3O)[C@@H](O)[C@H](O)[C@H]1O)O[C@H]1C[C@@H]3[C@@H]4CC[C@@H]5C[C@@H](O)C[C@@H](O)[C@]5(C)[C@H]4CC[C@]3(C)[C@H]1[C@@H]2C. The van der Waals surface area contributed by atoms with Gasteiger partial charge in [-0.25, -0.2) is 0 Å². The van der Waals surface area contributed by atoms with Crippen molar-refractivity contribution in [3.8, 4) is 0 Å². The predicted molar refractivity (Wildman–Crippen MR) is 186 cm³/mol. The molecule has 0 radical (unpaired) electrons. The van der Waals surface area contributed by atoms with Crippen LogP contribution < -0.4 is 0 Å². The van der Waals surface area contributed by atoms with Crippen LogP contribution in [0.5, 0.6) is 0 Å². The summed E-state index contributed by atoms with van der Waals surface area (Å²) in [6.45, 7) is 8.20. The van der Waals surface area contributed by atoms with Gasteiger partial charge in [0.15, 0.2) is 18.4 Å². The lowest BCUT2D eigenvalue weighted by molar-refractivity contribution is -0.353. The molecule has 0 bridgehead atoms. The average Bonchev–Trinajstić information content (AvgIpc) is 3.58. The summed E-state index contributed by atoms with van der Waals surface area (Å²) in [5, 5.41) is 94.6. The van der Waals surface area contributed by atoms with Gasteiger partial charge in [0, 0.05) is 18.3 Å². The highest BCUT2D eigenvalue weighted by molar-refractivity contribution is 5.16. The summed E-state index contributed by atoms with van der Waals surface area (Å²) in [4.78, 5) is 0. The molecule has 0 unspecified atom stereocenters. The quantitative estimate of drug-likeness (QED) is 0.164. The molecule has 8 aliphatic rings. The van der Waals surface area contributed by atoms with E-state index in [1.165, 1.54) is 0 Å². The molecule has 4 saturated carbocycles. The molecular formula is C39H64O15. The van der Waals surface area contributed by atoms with Crippen LogP contribution in [0.3, 0.4) is 0 Å². The van der Waals surface area contributed by atoms with Gasteiger partial charge in [0.2, 0.25) is 0 Å². The molecule has 310 valence electrons. The Morgan fingerprint density at radius 2 is 1.43 bits per heavy atom. The fourth-order valence-electron chi connectivity index (χ4n) is 13.2. The fraction of sp³-hybridized carbons (Fsp3) is 1.00. The molecule has 0 aromatic carbocycles. The standard InChI is InChI=1S/C39H64O15/c1-16-14-50-39(12-24(16)51-36-34(48)32(46)30(44)26(53-36)15-49-35-33(47)31(45)29(43)25(13-40)52-35)17(2)28-23(54-39)11-22-20-6-5-18-9-19(41)10-27(42)38(18,4)21(20)7-8-37(22,28)3/h16-36,40-48H,5-15H2,1-4H3/t16-,17-,18+,19+,20+,21-,22+,23-,24+,25+,26+,27+,28-,29+,30+,31-,32-,33+,34+,35+,36+,37-,38-,39+/m0/s1. The van der Waals surface area contributed by atoms with Crippen LogP contribution in [0, 0.1) is 52.3 Å². The van der Waals surface area contributed by atoms with Crippen LogP contribution in [0.4, 0.5) is 0 Å². The Morgan fingerprint density at radius 1 is 0.741 bits per heavy atom. The van der Waals surface area contributed by atoms with Crippen molar-refractivity contribution < 1.29 is 74.4 Å². The van der Waals surface area contributed by atoms with Crippen molar-refractivity contribution in [2.75, 3.05) is 19.8 Å². The zero-order valence-corrected chi connectivity index (χ0v) is 31.9. The molecule has 4 aliphatic heterocycles. The maximum Gasteiger partial charge on any atom is 0.186 e. The molecule has 0 aromatic heterocycles. The minimum atomic E-state index is -1.66. The maximum atomic E-state index is 11.4. The van der Waals surface area contributed by atoms with Crippen LogP contribution >= 0.6 is 0 Å². The first-order chi connectivity index (χ1) is 25.5. The number of ether oxygens (including phenoxy) is 6. The molecule has 24 atom stereocenters. The van der Waals surface area contributed by atoms with E-state index in [9.17, 15) is 46.0 Å². The van der Waals surface area contributed by atoms with E-state index in [0.29, 0.717) is 43.1 Å². The third-order valence-electron chi connectivity index (χ3n) is 16.4. The Morgan fingerprint density at radius 3 is 2.15 bits per heavy atom. The Balaban J connectivity index is 0.935. The highest BCUT2D eigenvalue weighted by atomic mass is 16.7. The molecule has 0 aromatic rings. The van der Waals surface area contributed by atoms with Crippen molar-refractivity contribution in [1.29, 1.82) is 0 Å². The number of rotatable bonds is 6. The number of fused-ring (bicyclic) bond motifs is 7. The molecule has 4 saturated heterocycles. The third-order valence-corrected chi connectivity index (χ3v) is 16.4. The number of aliphatic hydroxyl groups excluding tert-OH is 9. The van der Waals surface area contributed by atoms with E-state index < -0.39 is 98.7 Å². The largest absolute Gasteiger partial charge is 0.394 e. The van der Waals surface area contributed by atoms with E-state index in [-0.39, 0.29) is 34.7 Å². The molecule has 4 heterocycles. The van der Waals surface area contributed by atoms with Crippen LogP contribution in [0.2, 0.25) is 0 Å². The van der Waals surface area contributed by atoms with E-state index in [1.807, 2.05) is 6.92 Å². The summed E-state index contributed by atoms with van der Waals surface area (Å²) < 4.78 is 37.1. The predicted octanol–water partition coefficient (Wildman–Crippen LogP) is -0.616. The van der Waals surface area contributed by atoms with E-state index in [1.54, 1.807) is 0 Å². The van der Waals surface area contributed by atoms with Crippen LogP contribution in [0.1, 0.15) is 79.1 Å². The van der Waals surface area contributed by atoms with Gasteiger partial charge in [-0.3, -0.25) is 0 Å². The van der Waals surface area contributed by atoms with Gasteiger partial charge in [0.25, 0.3) is 0 Å². The van der Waals surface area contributed by atoms with Gasteiger partial charge in [-0.1, -0.05) is 27.7 Å². The van der Waals surface area contributed by atoms with Gasteiger partial charge in [-0.05, 0) is 85.4 Å². The minimum Gasteiger partial charge on any atom is -0.394 e. The number of hydrogen-bond acceptors (Lipinski definition) is 15. The Bertz CT molecular complexity index is 1340. The first kappa shape index (κ1) is 40.2. The fourth-order valence-corrected chi connectivity index (χ4v) is 13.2. The number of aliphatic hydroxyl groups is 9. The summed E-state index contributed by atoms with van der Waals surface area (Å²) in [5.74, 6) is 1.01. The summed E-state index contributed by atoms with van der Waals surface area (Å²) in [7, 11) is 0. The van der Waals surface area contributed by atoms with Gasteiger partial charge in [0.1, 0.15) is 48.8 Å². The zero-order valence-electron chi connectivity index (χ0n) is 31.9. The Kier molecular flexibility index (Phi) is 10.9. The summed E-state index contributed by atoms with van der Waals surface area (Å²) in [6.07, 6.45) is -9.55. The molecular weight excluding hydrogens is 708 g/mol. The molecule has 8 fully saturated rings. The monoisotopic (exact) mass is 772 g/mol. The van der Waals surface area contributed by atoms with E-state index >= 15 is 0 Å². The van der Waals surface area contributed by atoms with E-state index in [2.05, 4.69) is 20.8 Å². The second-order valence-corrected chi connectivity index (χ2v) is 18.9. The minimum absolute atomic E-state index is 0.00359. The lowest BCUT2D eigenvalue weighted by Crippen LogP contribution is -2.62. The van der Waals surface area contributed by atoms with Crippen molar-refractivity contribution in [3.63, 3.8) is 0 Å². The third kappa shape index (κ3) is 6.18. The second-order valence-electron chi connectivity index (χ2n) is 18.9. The molecule has 15 nitrogen and oxygen atoms in total. The first-order valence-corrected chi connectivity index (χ1v) is 20.5. The summed E-state index contributed by atoms with van der Waals surface area (Å²) in [5.41, 5.74) is -0.139. The van der Waals surface area contributed by atoms with Crippen molar-refractivity contribution in [2.45, 2.75) is 171 Å². The highest BCUT2D eigenvalue weighted by Gasteiger charge is 2.70. The van der Waals surface area contributed by atoms with Gasteiger partial charge in [-0.15, -0.1) is 0 Å². The Labute approximate surface area is 316 Å². The van der Waals surface area contributed by atoms with Crippen molar-refractivity contribution in [3.05, 3.63) is 0 Å². The normalized spacial score (nSPS) is 60.1. The second kappa shape index (κ2) is 14.6. The summed E-state index contributed by atoms with van der Waals surface area (Å²) >= 11 is 0. The molecule has 1 spiro atoms. The van der Waals surface area contributed by atoms with Crippen LogP contribution in [-0.4, -0.2) is 157 Å². The van der Waals surface area contributed by atoms with Gasteiger partial charge in [0.05, 0.1) is 44.2 Å². The average molecular weight is 773 g/mol. The summed E-state index contributed by atoms with van der Waals surface area (Å²) in [6, 6.07) is 0. The molecule has 15 heteroatoms. The zero-order chi connectivity index (χ0) is 38.6. The van der Waals surface area contributed by atoms with E-state index in [0.717, 1.165) is 38.5 Å². The van der Waals surface area contributed by atoms with Gasteiger partial charge in [-0.2, -0.15) is 0 Å². The molecule has 0 amide bonds. The molecule has 9 N–H and O–H groups in total.